The van der Waals surface area contributed by atoms with Crippen LogP contribution in [0.15, 0.2) is 59.5 Å². The number of carbonyl (C=O) groups is 2. The second kappa shape index (κ2) is 8.97. The molecule has 0 unspecified atom stereocenters. The van der Waals surface area contributed by atoms with Crippen molar-refractivity contribution in [3.8, 4) is 0 Å². The van der Waals surface area contributed by atoms with Crippen molar-refractivity contribution in [2.24, 2.45) is 0 Å². The van der Waals surface area contributed by atoms with Crippen LogP contribution in [0.3, 0.4) is 0 Å². The van der Waals surface area contributed by atoms with Crippen LogP contribution in [-0.4, -0.2) is 37.6 Å². The van der Waals surface area contributed by atoms with Crippen LogP contribution in [0.5, 0.6) is 0 Å². The van der Waals surface area contributed by atoms with Gasteiger partial charge in [0.2, 0.25) is 10.0 Å². The molecule has 1 heterocycles. The molecule has 2 N–H and O–H groups in total. The average Bonchev–Trinajstić information content (AvgIpc) is 3.27. The van der Waals surface area contributed by atoms with E-state index < -0.39 is 27.7 Å². The van der Waals surface area contributed by atoms with E-state index in [9.17, 15) is 22.4 Å². The summed E-state index contributed by atoms with van der Waals surface area (Å²) in [5.41, 5.74) is 4.83. The van der Waals surface area contributed by atoms with Crippen molar-refractivity contribution in [2.75, 3.05) is 13.1 Å². The molecule has 0 atom stereocenters. The van der Waals surface area contributed by atoms with Gasteiger partial charge in [-0.3, -0.25) is 20.4 Å². The molecule has 9 heteroatoms. The molecule has 1 aliphatic heterocycles. The molecule has 7 nitrogen and oxygen atoms in total. The lowest BCUT2D eigenvalue weighted by Gasteiger charge is -2.15. The third-order valence-electron chi connectivity index (χ3n) is 4.44. The Hall–Kier alpha value is -3.04. The second-order valence-electron chi connectivity index (χ2n) is 6.43. The number of hydrogen-bond donors (Lipinski definition) is 2. The molecular formula is C20H20FN3O4S. The molecular weight excluding hydrogens is 397 g/mol. The van der Waals surface area contributed by atoms with Crippen LogP contribution in [0.1, 0.15) is 28.8 Å². The standard InChI is InChI=1S/C20H20FN3O4S/c21-18-6-2-1-5-15(18)9-12-19(25)22-23-20(26)16-7-10-17(11-8-16)29(27,28)24-13-3-4-14-24/h1-2,5-12H,3-4,13-14H2,(H,22,25)(H,23,26)/b12-9+. The highest BCUT2D eigenvalue weighted by Crippen LogP contribution is 2.21. The Morgan fingerprint density at radius 3 is 2.28 bits per heavy atom. The molecule has 0 aliphatic carbocycles. The topological polar surface area (TPSA) is 95.6 Å². The zero-order valence-electron chi connectivity index (χ0n) is 15.5. The molecule has 0 radical (unpaired) electrons. The maximum absolute atomic E-state index is 13.5. The lowest BCUT2D eigenvalue weighted by atomic mass is 10.2. The summed E-state index contributed by atoms with van der Waals surface area (Å²) in [4.78, 5) is 24.0. The maximum Gasteiger partial charge on any atom is 0.269 e. The summed E-state index contributed by atoms with van der Waals surface area (Å²) in [6.07, 6.45) is 4.05. The Balaban J connectivity index is 1.57. The number of benzene rings is 2. The average molecular weight is 417 g/mol. The lowest BCUT2D eigenvalue weighted by molar-refractivity contribution is -0.117. The SMILES string of the molecule is O=C(/C=C/c1ccccc1F)NNC(=O)c1ccc(S(=O)(=O)N2CCCC2)cc1. The van der Waals surface area contributed by atoms with E-state index in [1.165, 1.54) is 52.8 Å². The number of halogens is 1. The first-order valence-corrected chi connectivity index (χ1v) is 10.4. The third kappa shape index (κ3) is 5.07. The van der Waals surface area contributed by atoms with Crippen molar-refractivity contribution < 1.29 is 22.4 Å². The van der Waals surface area contributed by atoms with Gasteiger partial charge in [0.25, 0.3) is 11.8 Å². The highest BCUT2D eigenvalue weighted by atomic mass is 32.2. The fourth-order valence-electron chi connectivity index (χ4n) is 2.86. The minimum absolute atomic E-state index is 0.118. The summed E-state index contributed by atoms with van der Waals surface area (Å²) in [5.74, 6) is -1.72. The molecule has 29 heavy (non-hydrogen) atoms. The Labute approximate surface area is 168 Å². The zero-order chi connectivity index (χ0) is 20.9. The van der Waals surface area contributed by atoms with E-state index in [1.807, 2.05) is 0 Å². The maximum atomic E-state index is 13.5. The first-order valence-electron chi connectivity index (χ1n) is 9.01. The minimum atomic E-state index is -3.55. The van der Waals surface area contributed by atoms with Gasteiger partial charge in [-0.2, -0.15) is 4.31 Å². The van der Waals surface area contributed by atoms with Crippen LogP contribution < -0.4 is 10.9 Å². The highest BCUT2D eigenvalue weighted by Gasteiger charge is 2.27. The zero-order valence-corrected chi connectivity index (χ0v) is 16.3. The quantitative estimate of drug-likeness (QED) is 0.575. The van der Waals surface area contributed by atoms with Crippen molar-refractivity contribution in [2.45, 2.75) is 17.7 Å². The summed E-state index contributed by atoms with van der Waals surface area (Å²) < 4.78 is 39.9. The summed E-state index contributed by atoms with van der Waals surface area (Å²) in [6.45, 7) is 0.994. The predicted molar refractivity (Wildman–Crippen MR) is 105 cm³/mol. The predicted octanol–water partition coefficient (Wildman–Crippen LogP) is 2.08. The number of hydrogen-bond acceptors (Lipinski definition) is 4. The number of sulfonamides is 1. The van der Waals surface area contributed by atoms with Crippen molar-refractivity contribution in [1.29, 1.82) is 0 Å². The van der Waals surface area contributed by atoms with E-state index in [2.05, 4.69) is 10.9 Å². The molecule has 0 aromatic heterocycles. The smallest absolute Gasteiger partial charge is 0.268 e. The molecule has 1 saturated heterocycles. The van der Waals surface area contributed by atoms with Crippen molar-refractivity contribution in [1.82, 2.24) is 15.2 Å². The van der Waals surface area contributed by atoms with Crippen molar-refractivity contribution in [3.05, 3.63) is 71.6 Å². The molecule has 0 spiro atoms. The Kier molecular flexibility index (Phi) is 6.40. The monoisotopic (exact) mass is 417 g/mol. The molecule has 2 aromatic carbocycles. The third-order valence-corrected chi connectivity index (χ3v) is 6.35. The van der Waals surface area contributed by atoms with E-state index in [0.29, 0.717) is 13.1 Å². The molecule has 0 saturated carbocycles. The van der Waals surface area contributed by atoms with Gasteiger partial charge in [-0.15, -0.1) is 0 Å². The summed E-state index contributed by atoms with van der Waals surface area (Å²) >= 11 is 0. The molecule has 1 aliphatic rings. The first kappa shape index (κ1) is 20.7. The fraction of sp³-hybridized carbons (Fsp3) is 0.200. The van der Waals surface area contributed by atoms with Gasteiger partial charge in [-0.05, 0) is 49.2 Å². The number of rotatable bonds is 5. The normalized spacial score (nSPS) is 14.8. The molecule has 1 fully saturated rings. The molecule has 0 bridgehead atoms. The van der Waals surface area contributed by atoms with Crippen molar-refractivity contribution in [3.63, 3.8) is 0 Å². The molecule has 2 amide bonds. The number of nitrogens with zero attached hydrogens (tertiary/aromatic N) is 1. The van der Waals surface area contributed by atoms with Gasteiger partial charge in [0.1, 0.15) is 5.82 Å². The lowest BCUT2D eigenvalue weighted by Crippen LogP contribution is -2.40. The highest BCUT2D eigenvalue weighted by molar-refractivity contribution is 7.89. The van der Waals surface area contributed by atoms with Crippen LogP contribution >= 0.6 is 0 Å². The molecule has 152 valence electrons. The van der Waals surface area contributed by atoms with E-state index in [4.69, 9.17) is 0 Å². The number of hydrazine groups is 1. The van der Waals surface area contributed by atoms with Gasteiger partial charge in [0.15, 0.2) is 0 Å². The van der Waals surface area contributed by atoms with Crippen LogP contribution in [0.2, 0.25) is 0 Å². The largest absolute Gasteiger partial charge is 0.269 e. The summed E-state index contributed by atoms with van der Waals surface area (Å²) in [5, 5.41) is 0. The Morgan fingerprint density at radius 1 is 0.966 bits per heavy atom. The van der Waals surface area contributed by atoms with Crippen LogP contribution in [0.4, 0.5) is 4.39 Å². The second-order valence-corrected chi connectivity index (χ2v) is 8.37. The van der Waals surface area contributed by atoms with Gasteiger partial charge >= 0.3 is 0 Å². The van der Waals surface area contributed by atoms with Gasteiger partial charge in [-0.1, -0.05) is 18.2 Å². The minimum Gasteiger partial charge on any atom is -0.268 e. The first-order chi connectivity index (χ1) is 13.9. The van der Waals surface area contributed by atoms with E-state index in [1.54, 1.807) is 6.07 Å². The van der Waals surface area contributed by atoms with Gasteiger partial charge in [0, 0.05) is 30.3 Å². The van der Waals surface area contributed by atoms with E-state index in [0.717, 1.165) is 18.9 Å². The number of nitrogens with one attached hydrogen (secondary N) is 2. The number of carbonyl (C=O) groups excluding carboxylic acids is 2. The van der Waals surface area contributed by atoms with Gasteiger partial charge in [0.05, 0.1) is 4.90 Å². The van der Waals surface area contributed by atoms with Gasteiger partial charge in [-0.25, -0.2) is 12.8 Å². The van der Waals surface area contributed by atoms with Crippen molar-refractivity contribution >= 4 is 27.9 Å². The van der Waals surface area contributed by atoms with E-state index in [-0.39, 0.29) is 16.0 Å². The number of amides is 2. The van der Waals surface area contributed by atoms with Crippen LogP contribution in [-0.2, 0) is 14.8 Å². The summed E-state index contributed by atoms with van der Waals surface area (Å²) in [6, 6.07) is 11.4. The summed E-state index contributed by atoms with van der Waals surface area (Å²) in [7, 11) is -3.55. The van der Waals surface area contributed by atoms with Crippen LogP contribution in [0.25, 0.3) is 6.08 Å². The molecule has 3 rings (SSSR count). The Morgan fingerprint density at radius 2 is 1.62 bits per heavy atom. The molecule has 2 aromatic rings. The van der Waals surface area contributed by atoms with E-state index >= 15 is 0 Å². The Bertz CT molecular complexity index is 1030. The van der Waals surface area contributed by atoms with Gasteiger partial charge < -0.3 is 0 Å². The van der Waals surface area contributed by atoms with Crippen LogP contribution in [0, 0.1) is 5.82 Å². The fourth-order valence-corrected chi connectivity index (χ4v) is 4.38.